The third-order valence-electron chi connectivity index (χ3n) is 5.12. The van der Waals surface area contributed by atoms with Crippen LogP contribution in [0, 0.1) is 0 Å². The number of unbranched alkanes of at least 4 members (excludes halogenated alkanes) is 2. The molecular formula is C26H30. The molecule has 0 aliphatic carbocycles. The van der Waals surface area contributed by atoms with Crippen molar-refractivity contribution in [2.45, 2.75) is 52.4 Å². The molecule has 0 N–H and O–H groups in total. The van der Waals surface area contributed by atoms with E-state index in [1.54, 1.807) is 0 Å². The first-order chi connectivity index (χ1) is 12.8. The van der Waals surface area contributed by atoms with Crippen molar-refractivity contribution in [3.8, 4) is 22.3 Å². The Hall–Kier alpha value is -2.34. The van der Waals surface area contributed by atoms with Gasteiger partial charge >= 0.3 is 0 Å². The molecule has 0 bridgehead atoms. The van der Waals surface area contributed by atoms with Crippen LogP contribution in [0.3, 0.4) is 0 Å². The zero-order chi connectivity index (χ0) is 18.2. The van der Waals surface area contributed by atoms with Gasteiger partial charge in [0.15, 0.2) is 0 Å². The number of hydrogen-bond donors (Lipinski definition) is 0. The van der Waals surface area contributed by atoms with Crippen LogP contribution in [0.2, 0.25) is 0 Å². The Labute approximate surface area is 158 Å². The van der Waals surface area contributed by atoms with Gasteiger partial charge in [-0.3, -0.25) is 0 Å². The highest BCUT2D eigenvalue weighted by molar-refractivity contribution is 5.87. The first kappa shape index (κ1) is 18.5. The quantitative estimate of drug-likeness (QED) is 0.393. The molecule has 3 aromatic carbocycles. The molecule has 0 fully saturated rings. The lowest BCUT2D eigenvalue weighted by molar-refractivity contribution is 0.794. The zero-order valence-electron chi connectivity index (χ0n) is 16.2. The summed E-state index contributed by atoms with van der Waals surface area (Å²) in [5, 5.41) is 0. The summed E-state index contributed by atoms with van der Waals surface area (Å²) in [5.41, 5.74) is 8.49. The molecule has 0 nitrogen and oxygen atoms in total. The molecule has 0 spiro atoms. The summed E-state index contributed by atoms with van der Waals surface area (Å²) in [6.07, 6.45) is 7.24. The summed E-state index contributed by atoms with van der Waals surface area (Å²) in [5.74, 6) is 0. The van der Waals surface area contributed by atoms with Crippen molar-refractivity contribution >= 4 is 0 Å². The van der Waals surface area contributed by atoms with Gasteiger partial charge in [0.2, 0.25) is 0 Å². The molecule has 3 aromatic rings. The largest absolute Gasteiger partial charge is 0.0654 e. The predicted octanol–water partition coefficient (Wildman–Crippen LogP) is 7.71. The van der Waals surface area contributed by atoms with Gasteiger partial charge in [-0.05, 0) is 59.1 Å². The van der Waals surface area contributed by atoms with E-state index in [0.717, 1.165) is 12.8 Å². The van der Waals surface area contributed by atoms with Crippen LogP contribution in [-0.2, 0) is 12.8 Å². The predicted molar refractivity (Wildman–Crippen MR) is 115 cm³/mol. The summed E-state index contributed by atoms with van der Waals surface area (Å²) in [6, 6.07) is 26.7. The normalized spacial score (nSPS) is 10.8. The lowest BCUT2D eigenvalue weighted by atomic mass is 9.86. The minimum Gasteiger partial charge on any atom is -0.0654 e. The number of hydrogen-bond acceptors (Lipinski definition) is 0. The Balaban J connectivity index is 2.16. The third kappa shape index (κ3) is 4.25. The van der Waals surface area contributed by atoms with E-state index in [1.807, 2.05) is 0 Å². The van der Waals surface area contributed by atoms with Crippen molar-refractivity contribution in [3.63, 3.8) is 0 Å². The van der Waals surface area contributed by atoms with Gasteiger partial charge in [0.1, 0.15) is 0 Å². The Morgan fingerprint density at radius 2 is 1.12 bits per heavy atom. The van der Waals surface area contributed by atoms with Crippen molar-refractivity contribution in [2.75, 3.05) is 0 Å². The molecular weight excluding hydrogens is 312 g/mol. The maximum Gasteiger partial charge on any atom is -0.00732 e. The second kappa shape index (κ2) is 9.38. The molecule has 0 radical (unpaired) electrons. The van der Waals surface area contributed by atoms with Gasteiger partial charge in [-0.1, -0.05) is 99.5 Å². The Morgan fingerprint density at radius 3 is 1.85 bits per heavy atom. The van der Waals surface area contributed by atoms with E-state index in [0.29, 0.717) is 0 Å². The molecule has 0 aromatic heterocycles. The van der Waals surface area contributed by atoms with E-state index in [-0.39, 0.29) is 0 Å². The topological polar surface area (TPSA) is 0 Å². The number of aryl methyl sites for hydroxylation is 2. The molecule has 0 saturated heterocycles. The average Bonchev–Trinajstić information content (AvgIpc) is 2.71. The molecule has 134 valence electrons. The second-order valence-corrected chi connectivity index (χ2v) is 7.07. The van der Waals surface area contributed by atoms with Gasteiger partial charge in [-0.15, -0.1) is 0 Å². The van der Waals surface area contributed by atoms with Crippen LogP contribution in [0.4, 0.5) is 0 Å². The van der Waals surface area contributed by atoms with E-state index >= 15 is 0 Å². The first-order valence-corrected chi connectivity index (χ1v) is 10.1. The summed E-state index contributed by atoms with van der Waals surface area (Å²) in [4.78, 5) is 0. The summed E-state index contributed by atoms with van der Waals surface area (Å²) < 4.78 is 0. The van der Waals surface area contributed by atoms with Gasteiger partial charge in [-0.25, -0.2) is 0 Å². The average molecular weight is 343 g/mol. The fourth-order valence-corrected chi connectivity index (χ4v) is 3.71. The molecule has 0 heteroatoms. The minimum absolute atomic E-state index is 1.14. The number of rotatable bonds is 8. The van der Waals surface area contributed by atoms with Crippen LogP contribution >= 0.6 is 0 Å². The highest BCUT2D eigenvalue weighted by Crippen LogP contribution is 2.37. The zero-order valence-corrected chi connectivity index (χ0v) is 16.2. The smallest absolute Gasteiger partial charge is 0.00732 e. The first-order valence-electron chi connectivity index (χ1n) is 10.1. The Morgan fingerprint density at radius 1 is 0.538 bits per heavy atom. The molecule has 0 saturated carbocycles. The van der Waals surface area contributed by atoms with E-state index in [1.165, 1.54) is 59.1 Å². The highest BCUT2D eigenvalue weighted by atomic mass is 14.2. The van der Waals surface area contributed by atoms with Crippen LogP contribution in [0.25, 0.3) is 22.3 Å². The fourth-order valence-electron chi connectivity index (χ4n) is 3.71. The Kier molecular flexibility index (Phi) is 6.66. The standard InChI is InChI=1S/C26H30/c1-3-5-13-21-15-10-11-19-24(21)25-20-12-18-22(14-6-4-2)26(25)23-16-8-7-9-17-23/h7-12,15-20H,3-6,13-14H2,1-2H3. The van der Waals surface area contributed by atoms with Gasteiger partial charge < -0.3 is 0 Å². The molecule has 0 aliphatic rings. The lowest BCUT2D eigenvalue weighted by Gasteiger charge is -2.18. The van der Waals surface area contributed by atoms with E-state index < -0.39 is 0 Å². The summed E-state index contributed by atoms with van der Waals surface area (Å²) in [6.45, 7) is 4.54. The van der Waals surface area contributed by atoms with Crippen LogP contribution in [0.15, 0.2) is 72.8 Å². The van der Waals surface area contributed by atoms with Gasteiger partial charge in [0.05, 0.1) is 0 Å². The number of benzene rings is 3. The lowest BCUT2D eigenvalue weighted by Crippen LogP contribution is -1.97. The van der Waals surface area contributed by atoms with Crippen molar-refractivity contribution in [1.29, 1.82) is 0 Å². The van der Waals surface area contributed by atoms with E-state index in [4.69, 9.17) is 0 Å². The van der Waals surface area contributed by atoms with Crippen LogP contribution < -0.4 is 0 Å². The van der Waals surface area contributed by atoms with Crippen LogP contribution in [0.5, 0.6) is 0 Å². The van der Waals surface area contributed by atoms with Gasteiger partial charge in [0.25, 0.3) is 0 Å². The van der Waals surface area contributed by atoms with Gasteiger partial charge in [0, 0.05) is 0 Å². The van der Waals surface area contributed by atoms with Crippen LogP contribution in [0.1, 0.15) is 50.7 Å². The van der Waals surface area contributed by atoms with E-state index in [9.17, 15) is 0 Å². The SMILES string of the molecule is CCCCc1ccccc1-c1cccc(CCCC)c1-c1ccccc1. The second-order valence-electron chi connectivity index (χ2n) is 7.07. The molecule has 0 aliphatic heterocycles. The molecule has 3 rings (SSSR count). The summed E-state index contributed by atoms with van der Waals surface area (Å²) >= 11 is 0. The van der Waals surface area contributed by atoms with Crippen LogP contribution in [-0.4, -0.2) is 0 Å². The monoisotopic (exact) mass is 342 g/mol. The van der Waals surface area contributed by atoms with Gasteiger partial charge in [-0.2, -0.15) is 0 Å². The van der Waals surface area contributed by atoms with E-state index in [2.05, 4.69) is 86.6 Å². The summed E-state index contributed by atoms with van der Waals surface area (Å²) in [7, 11) is 0. The molecule has 0 amide bonds. The van der Waals surface area contributed by atoms with Crippen molar-refractivity contribution in [1.82, 2.24) is 0 Å². The van der Waals surface area contributed by atoms with Crippen molar-refractivity contribution in [3.05, 3.63) is 83.9 Å². The van der Waals surface area contributed by atoms with Crippen molar-refractivity contribution < 1.29 is 0 Å². The maximum absolute atomic E-state index is 2.32. The molecule has 0 atom stereocenters. The Bertz CT molecular complexity index is 814. The molecule has 0 unspecified atom stereocenters. The molecule has 0 heterocycles. The minimum atomic E-state index is 1.14. The fraction of sp³-hybridized carbons (Fsp3) is 0.308. The van der Waals surface area contributed by atoms with Crippen molar-refractivity contribution in [2.24, 2.45) is 0 Å². The molecule has 26 heavy (non-hydrogen) atoms. The highest BCUT2D eigenvalue weighted by Gasteiger charge is 2.14. The maximum atomic E-state index is 2.32. The third-order valence-corrected chi connectivity index (χ3v) is 5.12.